The summed E-state index contributed by atoms with van der Waals surface area (Å²) in [5, 5.41) is 2.63. The third-order valence-corrected chi connectivity index (χ3v) is 4.53. The summed E-state index contributed by atoms with van der Waals surface area (Å²) < 4.78 is 25.1. The zero-order chi connectivity index (χ0) is 17.0. The molecule has 1 N–H and O–H groups in total. The molecule has 1 heterocycles. The van der Waals surface area contributed by atoms with Gasteiger partial charge >= 0.3 is 6.03 Å². The van der Waals surface area contributed by atoms with Gasteiger partial charge in [-0.05, 0) is 42.8 Å². The van der Waals surface area contributed by atoms with Crippen LogP contribution < -0.4 is 5.32 Å². The van der Waals surface area contributed by atoms with E-state index in [4.69, 9.17) is 0 Å². The molecule has 0 unspecified atom stereocenters. The third kappa shape index (κ3) is 4.13. The number of amides is 2. The number of urea groups is 1. The first-order chi connectivity index (χ1) is 10.9. The molecule has 0 aliphatic carbocycles. The van der Waals surface area contributed by atoms with E-state index in [1.54, 1.807) is 19.4 Å². The second-order valence-corrected chi connectivity index (χ2v) is 6.44. The molecule has 122 valence electrons. The molecule has 2 amide bonds. The maximum absolute atomic E-state index is 13.8. The number of hydrogen-bond acceptors (Lipinski definition) is 3. The summed E-state index contributed by atoms with van der Waals surface area (Å²) in [7, 11) is 0.252. The van der Waals surface area contributed by atoms with E-state index in [9.17, 15) is 13.4 Å². The van der Waals surface area contributed by atoms with Gasteiger partial charge in [0.15, 0.2) is 0 Å². The van der Waals surface area contributed by atoms with Gasteiger partial charge in [0.1, 0.15) is 5.82 Å². The van der Waals surface area contributed by atoms with Crippen molar-refractivity contribution in [3.05, 3.63) is 54.1 Å². The second kappa shape index (κ2) is 7.32. The van der Waals surface area contributed by atoms with Crippen LogP contribution in [0.25, 0.3) is 0 Å². The van der Waals surface area contributed by atoms with Crippen molar-refractivity contribution in [2.75, 3.05) is 18.6 Å². The van der Waals surface area contributed by atoms with Crippen molar-refractivity contribution < 1.29 is 13.4 Å². The van der Waals surface area contributed by atoms with E-state index in [1.807, 2.05) is 19.1 Å². The van der Waals surface area contributed by atoms with E-state index < -0.39 is 16.6 Å². The maximum Gasteiger partial charge on any atom is 0.322 e. The van der Waals surface area contributed by atoms with Crippen molar-refractivity contribution in [2.24, 2.45) is 0 Å². The standard InChI is InChI=1S/C16H18FN3O2S/c1-11(12-6-8-18-9-7-12)20(2)16(21)19-13-4-5-15(23(3)22)14(17)10-13/h4-11H,1-3H3,(H,19,21)/t11-,23+/m1/s1. The number of nitrogens with zero attached hydrogens (tertiary/aromatic N) is 2. The summed E-state index contributed by atoms with van der Waals surface area (Å²) in [5.74, 6) is -0.603. The van der Waals surface area contributed by atoms with Crippen LogP contribution in [0.4, 0.5) is 14.9 Å². The lowest BCUT2D eigenvalue weighted by Gasteiger charge is -2.25. The van der Waals surface area contributed by atoms with Crippen LogP contribution >= 0.6 is 0 Å². The highest BCUT2D eigenvalue weighted by atomic mass is 32.2. The van der Waals surface area contributed by atoms with Gasteiger partial charge in [-0.3, -0.25) is 9.19 Å². The number of benzene rings is 1. The molecular weight excluding hydrogens is 317 g/mol. The largest absolute Gasteiger partial charge is 0.322 e. The molecule has 1 aromatic heterocycles. The summed E-state index contributed by atoms with van der Waals surface area (Å²) in [6.45, 7) is 1.89. The predicted octanol–water partition coefficient (Wildman–Crippen LogP) is 3.18. The first kappa shape index (κ1) is 17.1. The molecule has 2 rings (SSSR count). The predicted molar refractivity (Wildman–Crippen MR) is 88.2 cm³/mol. The normalized spacial score (nSPS) is 13.2. The molecule has 7 heteroatoms. The van der Waals surface area contributed by atoms with Crippen molar-refractivity contribution in [3.8, 4) is 0 Å². The summed E-state index contributed by atoms with van der Waals surface area (Å²) in [4.78, 5) is 17.8. The van der Waals surface area contributed by atoms with Crippen molar-refractivity contribution in [1.82, 2.24) is 9.88 Å². The van der Waals surface area contributed by atoms with Crippen LogP contribution in [0.1, 0.15) is 18.5 Å². The molecule has 2 aromatic rings. The highest BCUT2D eigenvalue weighted by Crippen LogP contribution is 2.21. The molecule has 0 bridgehead atoms. The van der Waals surface area contributed by atoms with Gasteiger partial charge < -0.3 is 10.2 Å². The molecule has 0 aliphatic heterocycles. The number of nitrogens with one attached hydrogen (secondary N) is 1. The second-order valence-electron chi connectivity index (χ2n) is 5.10. The van der Waals surface area contributed by atoms with E-state index in [2.05, 4.69) is 10.3 Å². The van der Waals surface area contributed by atoms with Crippen molar-refractivity contribution in [2.45, 2.75) is 17.9 Å². The SMILES string of the molecule is C[C@H](c1ccncc1)N(C)C(=O)Nc1ccc([S@](C)=O)c(F)c1. The molecule has 0 fully saturated rings. The molecule has 1 aromatic carbocycles. The lowest BCUT2D eigenvalue weighted by Crippen LogP contribution is -2.33. The van der Waals surface area contributed by atoms with E-state index in [0.29, 0.717) is 5.69 Å². The number of hydrogen-bond donors (Lipinski definition) is 1. The number of pyridine rings is 1. The summed E-state index contributed by atoms with van der Waals surface area (Å²) in [6, 6.07) is 7.25. The smallest absolute Gasteiger partial charge is 0.321 e. The molecule has 23 heavy (non-hydrogen) atoms. The van der Waals surface area contributed by atoms with E-state index in [-0.39, 0.29) is 17.0 Å². The first-order valence-corrected chi connectivity index (χ1v) is 8.52. The van der Waals surface area contributed by atoms with Crippen LogP contribution in [-0.2, 0) is 10.8 Å². The quantitative estimate of drug-likeness (QED) is 0.933. The fourth-order valence-electron chi connectivity index (χ4n) is 2.06. The van der Waals surface area contributed by atoms with Crippen LogP contribution in [0.2, 0.25) is 0 Å². The molecule has 0 spiro atoms. The van der Waals surface area contributed by atoms with Crippen molar-refractivity contribution in [1.29, 1.82) is 0 Å². The molecule has 5 nitrogen and oxygen atoms in total. The van der Waals surface area contributed by atoms with Gasteiger partial charge in [0.25, 0.3) is 0 Å². The fraction of sp³-hybridized carbons (Fsp3) is 0.250. The minimum absolute atomic E-state index is 0.113. The monoisotopic (exact) mass is 335 g/mol. The number of carbonyl (C=O) groups excluding carboxylic acids is 1. The zero-order valence-electron chi connectivity index (χ0n) is 13.1. The third-order valence-electron chi connectivity index (χ3n) is 3.58. The van der Waals surface area contributed by atoms with E-state index in [0.717, 1.165) is 5.56 Å². The Labute approximate surface area is 137 Å². The van der Waals surface area contributed by atoms with Crippen molar-refractivity contribution in [3.63, 3.8) is 0 Å². The number of aromatic nitrogens is 1. The Bertz CT molecular complexity index is 725. The highest BCUT2D eigenvalue weighted by Gasteiger charge is 2.18. The average Bonchev–Trinajstić information content (AvgIpc) is 2.54. The fourth-order valence-corrected chi connectivity index (χ4v) is 2.66. The number of anilines is 1. The molecular formula is C16H18FN3O2S. The van der Waals surface area contributed by atoms with E-state index >= 15 is 0 Å². The van der Waals surface area contributed by atoms with Gasteiger partial charge in [-0.15, -0.1) is 0 Å². The summed E-state index contributed by atoms with van der Waals surface area (Å²) >= 11 is 0. The van der Waals surface area contributed by atoms with Crippen LogP contribution in [0.5, 0.6) is 0 Å². The van der Waals surface area contributed by atoms with Crippen LogP contribution in [-0.4, -0.2) is 33.4 Å². The molecule has 0 radical (unpaired) electrons. The van der Waals surface area contributed by atoms with Gasteiger partial charge in [-0.1, -0.05) is 0 Å². The van der Waals surface area contributed by atoms with Crippen LogP contribution in [0, 0.1) is 5.82 Å². The van der Waals surface area contributed by atoms with Gasteiger partial charge in [0.2, 0.25) is 0 Å². The Morgan fingerprint density at radius 3 is 2.52 bits per heavy atom. The van der Waals surface area contributed by atoms with Crippen molar-refractivity contribution >= 4 is 22.5 Å². The number of halogens is 1. The Balaban J connectivity index is 2.09. The van der Waals surface area contributed by atoms with Gasteiger partial charge in [-0.25, -0.2) is 9.18 Å². The Morgan fingerprint density at radius 1 is 1.30 bits per heavy atom. The topological polar surface area (TPSA) is 62.3 Å². The Kier molecular flexibility index (Phi) is 5.44. The molecule has 0 saturated heterocycles. The summed E-state index contributed by atoms with van der Waals surface area (Å²) in [5.41, 5.74) is 1.26. The Morgan fingerprint density at radius 2 is 1.96 bits per heavy atom. The molecule has 0 saturated carbocycles. The molecule has 2 atom stereocenters. The zero-order valence-corrected chi connectivity index (χ0v) is 13.9. The lowest BCUT2D eigenvalue weighted by molar-refractivity contribution is 0.208. The minimum Gasteiger partial charge on any atom is -0.321 e. The average molecular weight is 335 g/mol. The lowest BCUT2D eigenvalue weighted by atomic mass is 10.1. The number of rotatable bonds is 4. The summed E-state index contributed by atoms with van der Waals surface area (Å²) in [6.07, 6.45) is 4.73. The van der Waals surface area contributed by atoms with Gasteiger partial charge in [0.05, 0.1) is 21.7 Å². The molecule has 0 aliphatic rings. The highest BCUT2D eigenvalue weighted by molar-refractivity contribution is 7.84. The van der Waals surface area contributed by atoms with Gasteiger partial charge in [-0.2, -0.15) is 0 Å². The van der Waals surface area contributed by atoms with Gasteiger partial charge in [0, 0.05) is 31.4 Å². The van der Waals surface area contributed by atoms with Crippen LogP contribution in [0.3, 0.4) is 0 Å². The Hall–Kier alpha value is -2.28. The minimum atomic E-state index is -1.41. The van der Waals surface area contributed by atoms with Crippen LogP contribution in [0.15, 0.2) is 47.6 Å². The van der Waals surface area contributed by atoms with E-state index in [1.165, 1.54) is 29.4 Å². The maximum atomic E-state index is 13.8. The number of carbonyl (C=O) groups is 1. The first-order valence-electron chi connectivity index (χ1n) is 6.97.